The first kappa shape index (κ1) is 13.9. The summed E-state index contributed by atoms with van der Waals surface area (Å²) in [6.45, 7) is 2.65. The molecule has 5 heteroatoms. The molecule has 0 radical (unpaired) electrons. The van der Waals surface area contributed by atoms with Crippen LogP contribution in [0.4, 0.5) is 0 Å². The van der Waals surface area contributed by atoms with Crippen molar-refractivity contribution in [3.05, 3.63) is 48.4 Å². The average Bonchev–Trinajstić information content (AvgIpc) is 3.05. The van der Waals surface area contributed by atoms with Gasteiger partial charge in [0.25, 0.3) is 0 Å². The van der Waals surface area contributed by atoms with Gasteiger partial charge >= 0.3 is 0 Å². The fourth-order valence-corrected chi connectivity index (χ4v) is 3.16. The number of carbonyl (C=O) groups is 1. The Labute approximate surface area is 133 Å². The van der Waals surface area contributed by atoms with Crippen LogP contribution in [0.1, 0.15) is 25.7 Å². The zero-order valence-electron chi connectivity index (χ0n) is 12.9. The summed E-state index contributed by atoms with van der Waals surface area (Å²) in [5.74, 6) is 1.14. The van der Waals surface area contributed by atoms with Crippen LogP contribution in [-0.2, 0) is 10.2 Å². The highest BCUT2D eigenvalue weighted by atomic mass is 16.5. The maximum absolute atomic E-state index is 11.7. The van der Waals surface area contributed by atoms with E-state index in [-0.39, 0.29) is 5.91 Å². The Hall–Kier alpha value is -2.69. The van der Waals surface area contributed by atoms with Crippen LogP contribution in [0.5, 0.6) is 0 Å². The molecule has 5 nitrogen and oxygen atoms in total. The Morgan fingerprint density at radius 3 is 2.87 bits per heavy atom. The molecule has 2 heterocycles. The minimum Gasteiger partial charge on any atom is -0.356 e. The largest absolute Gasteiger partial charge is 0.356 e. The van der Waals surface area contributed by atoms with Crippen molar-refractivity contribution in [2.45, 2.75) is 25.2 Å². The summed E-state index contributed by atoms with van der Waals surface area (Å²) >= 11 is 0. The first-order valence-corrected chi connectivity index (χ1v) is 7.75. The van der Waals surface area contributed by atoms with Gasteiger partial charge in [-0.05, 0) is 17.2 Å². The number of amides is 1. The van der Waals surface area contributed by atoms with Gasteiger partial charge in [-0.2, -0.15) is 4.98 Å². The van der Waals surface area contributed by atoms with Gasteiger partial charge in [-0.3, -0.25) is 4.79 Å². The van der Waals surface area contributed by atoms with E-state index in [1.165, 1.54) is 0 Å². The van der Waals surface area contributed by atoms with Gasteiger partial charge in [-0.25, -0.2) is 0 Å². The summed E-state index contributed by atoms with van der Waals surface area (Å²) in [5, 5.41) is 9.24. The lowest BCUT2D eigenvalue weighted by Gasteiger charge is -2.29. The molecule has 1 aliphatic rings. The molecule has 0 spiro atoms. The monoisotopic (exact) mass is 307 g/mol. The summed E-state index contributed by atoms with van der Waals surface area (Å²) in [7, 11) is 0. The van der Waals surface area contributed by atoms with Crippen LogP contribution in [0, 0.1) is 0 Å². The summed E-state index contributed by atoms with van der Waals surface area (Å²) in [5.41, 5.74) is 0.556. The molecular weight excluding hydrogens is 290 g/mol. The second-order valence-corrected chi connectivity index (χ2v) is 6.29. The van der Waals surface area contributed by atoms with Crippen molar-refractivity contribution in [1.29, 1.82) is 0 Å². The molecule has 3 aromatic rings. The maximum Gasteiger partial charge on any atom is 0.233 e. The number of hydrogen-bond donors (Lipinski definition) is 1. The first-order valence-electron chi connectivity index (χ1n) is 7.75. The minimum absolute atomic E-state index is 0.0312. The second kappa shape index (κ2) is 5.19. The Morgan fingerprint density at radius 2 is 2.00 bits per heavy atom. The molecule has 1 saturated heterocycles. The van der Waals surface area contributed by atoms with Crippen molar-refractivity contribution in [3.63, 3.8) is 0 Å². The minimum atomic E-state index is -0.391. The van der Waals surface area contributed by atoms with Crippen LogP contribution in [0.25, 0.3) is 22.2 Å². The van der Waals surface area contributed by atoms with E-state index in [0.717, 1.165) is 22.8 Å². The quantitative estimate of drug-likeness (QED) is 0.790. The summed E-state index contributed by atoms with van der Waals surface area (Å²) in [6, 6.07) is 14.2. The van der Waals surface area contributed by atoms with Crippen LogP contribution in [0.2, 0.25) is 0 Å². The zero-order chi connectivity index (χ0) is 15.9. The van der Waals surface area contributed by atoms with Crippen LogP contribution in [0.3, 0.4) is 0 Å². The molecule has 1 fully saturated rings. The lowest BCUT2D eigenvalue weighted by Crippen LogP contribution is -2.41. The molecule has 23 heavy (non-hydrogen) atoms. The summed E-state index contributed by atoms with van der Waals surface area (Å²) in [4.78, 5) is 16.3. The number of piperidine rings is 1. The Kier molecular flexibility index (Phi) is 3.15. The molecule has 1 amide bonds. The molecule has 1 N–H and O–H groups in total. The van der Waals surface area contributed by atoms with Gasteiger partial charge in [0.1, 0.15) is 0 Å². The van der Waals surface area contributed by atoms with Gasteiger partial charge in [0.2, 0.25) is 17.6 Å². The molecule has 4 rings (SSSR count). The van der Waals surface area contributed by atoms with E-state index in [1.807, 2.05) is 31.2 Å². The normalized spacial score (nSPS) is 21.3. The van der Waals surface area contributed by atoms with Crippen molar-refractivity contribution in [1.82, 2.24) is 15.5 Å². The number of fused-ring (bicyclic) bond motifs is 1. The van der Waals surface area contributed by atoms with Crippen LogP contribution >= 0.6 is 0 Å². The number of rotatable bonds is 2. The third-order valence-electron chi connectivity index (χ3n) is 4.52. The second-order valence-electron chi connectivity index (χ2n) is 6.29. The molecule has 0 saturated carbocycles. The lowest BCUT2D eigenvalue weighted by molar-refractivity contribution is -0.124. The highest BCUT2D eigenvalue weighted by Crippen LogP contribution is 2.34. The van der Waals surface area contributed by atoms with Crippen molar-refractivity contribution in [3.8, 4) is 11.4 Å². The number of aromatic nitrogens is 2. The van der Waals surface area contributed by atoms with Crippen molar-refractivity contribution < 1.29 is 9.32 Å². The fourth-order valence-electron chi connectivity index (χ4n) is 3.16. The molecule has 1 aromatic heterocycles. The van der Waals surface area contributed by atoms with Crippen LogP contribution in [-0.4, -0.2) is 22.6 Å². The zero-order valence-corrected chi connectivity index (χ0v) is 12.9. The van der Waals surface area contributed by atoms with E-state index >= 15 is 0 Å². The standard InChI is InChI=1S/C18H17N3O2/c1-18(9-10-19-15(22)11-18)17-20-16(21-23-17)14-8-4-6-12-5-2-3-7-13(12)14/h2-8H,9-11H2,1H3,(H,19,22). The van der Waals surface area contributed by atoms with E-state index in [9.17, 15) is 4.79 Å². The van der Waals surface area contributed by atoms with E-state index in [4.69, 9.17) is 4.52 Å². The van der Waals surface area contributed by atoms with Crippen molar-refractivity contribution in [2.75, 3.05) is 6.54 Å². The van der Waals surface area contributed by atoms with Gasteiger partial charge < -0.3 is 9.84 Å². The predicted octanol–water partition coefficient (Wildman–Crippen LogP) is 3.06. The van der Waals surface area contributed by atoms with E-state index in [2.05, 4.69) is 33.7 Å². The van der Waals surface area contributed by atoms with Crippen LogP contribution in [0.15, 0.2) is 47.0 Å². The SMILES string of the molecule is CC1(c2nc(-c3cccc4ccccc34)no2)CCNC(=O)C1. The average molecular weight is 307 g/mol. The van der Waals surface area contributed by atoms with Crippen molar-refractivity contribution >= 4 is 16.7 Å². The lowest BCUT2D eigenvalue weighted by atomic mass is 9.80. The number of nitrogens with one attached hydrogen (secondary N) is 1. The van der Waals surface area contributed by atoms with E-state index in [1.54, 1.807) is 0 Å². The summed E-state index contributed by atoms with van der Waals surface area (Å²) < 4.78 is 5.52. The molecule has 1 aliphatic heterocycles. The fraction of sp³-hybridized carbons (Fsp3) is 0.278. The Bertz CT molecular complexity index is 881. The molecule has 0 bridgehead atoms. The smallest absolute Gasteiger partial charge is 0.233 e. The molecule has 1 atom stereocenters. The van der Waals surface area contributed by atoms with Gasteiger partial charge in [0.05, 0.1) is 5.41 Å². The first-order chi connectivity index (χ1) is 11.2. The highest BCUT2D eigenvalue weighted by molar-refractivity contribution is 5.94. The number of carbonyl (C=O) groups excluding carboxylic acids is 1. The highest BCUT2D eigenvalue weighted by Gasteiger charge is 2.38. The van der Waals surface area contributed by atoms with Gasteiger partial charge in [0, 0.05) is 18.5 Å². The van der Waals surface area contributed by atoms with Gasteiger partial charge in [-0.1, -0.05) is 54.5 Å². The number of hydrogen-bond acceptors (Lipinski definition) is 4. The third kappa shape index (κ3) is 2.38. The topological polar surface area (TPSA) is 68.0 Å². The molecule has 2 aromatic carbocycles. The van der Waals surface area contributed by atoms with E-state index in [0.29, 0.717) is 24.7 Å². The van der Waals surface area contributed by atoms with E-state index < -0.39 is 5.41 Å². The molecule has 0 aliphatic carbocycles. The van der Waals surface area contributed by atoms with Gasteiger partial charge in [-0.15, -0.1) is 0 Å². The Morgan fingerprint density at radius 1 is 1.17 bits per heavy atom. The van der Waals surface area contributed by atoms with Gasteiger partial charge in [0.15, 0.2) is 0 Å². The number of nitrogens with zero attached hydrogens (tertiary/aromatic N) is 2. The number of benzene rings is 2. The third-order valence-corrected chi connectivity index (χ3v) is 4.52. The predicted molar refractivity (Wildman–Crippen MR) is 86.8 cm³/mol. The van der Waals surface area contributed by atoms with Crippen LogP contribution < -0.4 is 5.32 Å². The van der Waals surface area contributed by atoms with Crippen molar-refractivity contribution in [2.24, 2.45) is 0 Å². The Balaban J connectivity index is 1.77. The molecular formula is C18H17N3O2. The maximum atomic E-state index is 11.7. The molecule has 116 valence electrons. The molecule has 1 unspecified atom stereocenters. The summed E-state index contributed by atoms with van der Waals surface area (Å²) in [6.07, 6.45) is 1.18.